The third-order valence-corrected chi connectivity index (χ3v) is 4.13. The maximum Gasteiger partial charge on any atom is 0.193 e. The average molecular weight is 335 g/mol. The molecule has 136 valence electrons. The minimum absolute atomic E-state index is 0.547. The fraction of sp³-hybridized carbons (Fsp3) is 0.632. The monoisotopic (exact) mass is 334 g/mol. The van der Waals surface area contributed by atoms with Gasteiger partial charge in [0.05, 0.1) is 7.11 Å². The summed E-state index contributed by atoms with van der Waals surface area (Å²) in [7, 11) is 5.57. The number of nitrogens with zero attached hydrogens (tertiary/aromatic N) is 3. The summed E-state index contributed by atoms with van der Waals surface area (Å²) < 4.78 is 5.20. The largest absolute Gasteiger partial charge is 0.497 e. The van der Waals surface area contributed by atoms with Gasteiger partial charge in [0.2, 0.25) is 0 Å². The molecule has 1 aromatic rings. The lowest BCUT2D eigenvalue weighted by atomic mass is 10.2. The second kappa shape index (κ2) is 10.2. The molecular weight excluding hydrogens is 300 g/mol. The molecule has 1 N–H and O–H groups in total. The van der Waals surface area contributed by atoms with E-state index in [-0.39, 0.29) is 0 Å². The van der Waals surface area contributed by atoms with Crippen molar-refractivity contribution in [3.63, 3.8) is 0 Å². The van der Waals surface area contributed by atoms with Crippen molar-refractivity contribution >= 4 is 5.96 Å². The first kappa shape index (κ1) is 20.3. The Hall–Kier alpha value is -1.75. The van der Waals surface area contributed by atoms with E-state index in [4.69, 9.17) is 4.74 Å². The number of rotatable bonds is 8. The fourth-order valence-electron chi connectivity index (χ4n) is 2.87. The van der Waals surface area contributed by atoms with Crippen molar-refractivity contribution in [1.29, 1.82) is 0 Å². The molecule has 0 aliphatic heterocycles. The number of ether oxygens (including phenoxy) is 1. The van der Waals surface area contributed by atoms with Crippen LogP contribution in [-0.4, -0.2) is 62.1 Å². The van der Waals surface area contributed by atoms with E-state index in [0.29, 0.717) is 12.1 Å². The highest BCUT2D eigenvalue weighted by atomic mass is 16.5. The Labute approximate surface area is 147 Å². The SMILES string of the molecule is CN=C(NCCN(C(C)C)C(C)C)N(C)Cc1ccc(OC)cc1. The van der Waals surface area contributed by atoms with Gasteiger partial charge in [-0.1, -0.05) is 12.1 Å². The Morgan fingerprint density at radius 3 is 2.17 bits per heavy atom. The molecule has 0 aliphatic rings. The quantitative estimate of drug-likeness (QED) is 0.586. The molecule has 0 heterocycles. The molecular formula is C19H34N4O. The van der Waals surface area contributed by atoms with Crippen molar-refractivity contribution in [3.8, 4) is 5.75 Å². The van der Waals surface area contributed by atoms with Gasteiger partial charge in [-0.05, 0) is 45.4 Å². The summed E-state index contributed by atoms with van der Waals surface area (Å²) >= 11 is 0. The molecule has 0 spiro atoms. The number of methoxy groups -OCH3 is 1. The van der Waals surface area contributed by atoms with Gasteiger partial charge in [0.15, 0.2) is 5.96 Å². The van der Waals surface area contributed by atoms with E-state index in [1.807, 2.05) is 19.2 Å². The minimum Gasteiger partial charge on any atom is -0.497 e. The molecule has 0 bridgehead atoms. The zero-order valence-corrected chi connectivity index (χ0v) is 16.3. The third kappa shape index (κ3) is 6.40. The maximum atomic E-state index is 5.20. The van der Waals surface area contributed by atoms with Crippen LogP contribution in [0, 0.1) is 0 Å². The number of guanidine groups is 1. The molecule has 0 fully saturated rings. The van der Waals surface area contributed by atoms with Crippen LogP contribution < -0.4 is 10.1 Å². The van der Waals surface area contributed by atoms with Crippen LogP contribution in [0.15, 0.2) is 29.3 Å². The lowest BCUT2D eigenvalue weighted by Gasteiger charge is -2.31. The van der Waals surface area contributed by atoms with Crippen molar-refractivity contribution in [1.82, 2.24) is 15.1 Å². The zero-order valence-electron chi connectivity index (χ0n) is 16.3. The van der Waals surface area contributed by atoms with Gasteiger partial charge < -0.3 is 15.0 Å². The zero-order chi connectivity index (χ0) is 18.1. The molecule has 0 aromatic heterocycles. The van der Waals surface area contributed by atoms with Crippen LogP contribution in [0.2, 0.25) is 0 Å². The van der Waals surface area contributed by atoms with E-state index >= 15 is 0 Å². The van der Waals surface area contributed by atoms with E-state index in [2.05, 4.69) is 67.0 Å². The normalized spacial score (nSPS) is 12.2. The van der Waals surface area contributed by atoms with E-state index < -0.39 is 0 Å². The summed E-state index contributed by atoms with van der Waals surface area (Å²) in [6.07, 6.45) is 0. The highest BCUT2D eigenvalue weighted by Gasteiger charge is 2.13. The number of nitrogens with one attached hydrogen (secondary N) is 1. The van der Waals surface area contributed by atoms with Crippen LogP contribution in [0.5, 0.6) is 5.75 Å². The van der Waals surface area contributed by atoms with Gasteiger partial charge in [0.25, 0.3) is 0 Å². The first-order chi connectivity index (χ1) is 11.4. The third-order valence-electron chi connectivity index (χ3n) is 4.13. The minimum atomic E-state index is 0.547. The molecule has 0 saturated heterocycles. The van der Waals surface area contributed by atoms with Gasteiger partial charge in [-0.3, -0.25) is 9.89 Å². The predicted octanol–water partition coefficient (Wildman–Crippen LogP) is 2.82. The Morgan fingerprint density at radius 1 is 1.12 bits per heavy atom. The Bertz CT molecular complexity index is 489. The summed E-state index contributed by atoms with van der Waals surface area (Å²) in [4.78, 5) is 9.00. The van der Waals surface area contributed by atoms with Crippen LogP contribution in [0.3, 0.4) is 0 Å². The highest BCUT2D eigenvalue weighted by molar-refractivity contribution is 5.79. The Morgan fingerprint density at radius 2 is 1.71 bits per heavy atom. The molecule has 1 rings (SSSR count). The summed E-state index contributed by atoms with van der Waals surface area (Å²) in [5.74, 6) is 1.80. The van der Waals surface area contributed by atoms with Gasteiger partial charge >= 0.3 is 0 Å². The summed E-state index contributed by atoms with van der Waals surface area (Å²) in [5.41, 5.74) is 1.23. The molecule has 1 aromatic carbocycles. The Balaban J connectivity index is 2.53. The number of hydrogen-bond acceptors (Lipinski definition) is 3. The van der Waals surface area contributed by atoms with Crippen molar-refractivity contribution in [2.45, 2.75) is 46.3 Å². The van der Waals surface area contributed by atoms with Gasteiger partial charge in [-0.25, -0.2) is 0 Å². The molecule has 0 amide bonds. The fourth-order valence-corrected chi connectivity index (χ4v) is 2.87. The average Bonchev–Trinajstić information content (AvgIpc) is 2.54. The van der Waals surface area contributed by atoms with E-state index in [0.717, 1.165) is 31.3 Å². The van der Waals surface area contributed by atoms with Crippen LogP contribution in [0.1, 0.15) is 33.3 Å². The van der Waals surface area contributed by atoms with Gasteiger partial charge in [-0.2, -0.15) is 0 Å². The molecule has 5 nitrogen and oxygen atoms in total. The molecule has 0 aliphatic carbocycles. The molecule has 0 atom stereocenters. The Kier molecular flexibility index (Phi) is 8.61. The predicted molar refractivity (Wildman–Crippen MR) is 103 cm³/mol. The summed E-state index contributed by atoms with van der Waals surface area (Å²) in [6, 6.07) is 9.24. The maximum absolute atomic E-state index is 5.20. The number of hydrogen-bond donors (Lipinski definition) is 1. The molecule has 5 heteroatoms. The van der Waals surface area contributed by atoms with Gasteiger partial charge in [-0.15, -0.1) is 0 Å². The summed E-state index contributed by atoms with van der Waals surface area (Å²) in [6.45, 7) is 11.7. The van der Waals surface area contributed by atoms with Crippen molar-refractivity contribution in [2.75, 3.05) is 34.3 Å². The molecule has 0 unspecified atom stereocenters. The van der Waals surface area contributed by atoms with E-state index in [1.54, 1.807) is 7.11 Å². The van der Waals surface area contributed by atoms with E-state index in [9.17, 15) is 0 Å². The van der Waals surface area contributed by atoms with Crippen molar-refractivity contribution in [2.24, 2.45) is 4.99 Å². The second-order valence-electron chi connectivity index (χ2n) is 6.60. The second-order valence-corrected chi connectivity index (χ2v) is 6.60. The lowest BCUT2D eigenvalue weighted by Crippen LogP contribution is -2.45. The van der Waals surface area contributed by atoms with Crippen LogP contribution in [0.25, 0.3) is 0 Å². The number of aliphatic imine (C=N–C) groups is 1. The van der Waals surface area contributed by atoms with Crippen LogP contribution in [0.4, 0.5) is 0 Å². The summed E-state index contributed by atoms with van der Waals surface area (Å²) in [5, 5.41) is 3.46. The van der Waals surface area contributed by atoms with Gasteiger partial charge in [0.1, 0.15) is 5.75 Å². The highest BCUT2D eigenvalue weighted by Crippen LogP contribution is 2.12. The first-order valence-electron chi connectivity index (χ1n) is 8.69. The van der Waals surface area contributed by atoms with Gasteiger partial charge in [0, 0.05) is 45.8 Å². The number of benzene rings is 1. The van der Waals surface area contributed by atoms with Crippen LogP contribution >= 0.6 is 0 Å². The smallest absolute Gasteiger partial charge is 0.193 e. The van der Waals surface area contributed by atoms with Crippen LogP contribution in [-0.2, 0) is 6.54 Å². The van der Waals surface area contributed by atoms with Crippen molar-refractivity contribution < 1.29 is 4.74 Å². The topological polar surface area (TPSA) is 40.1 Å². The molecule has 0 saturated carbocycles. The molecule has 24 heavy (non-hydrogen) atoms. The first-order valence-corrected chi connectivity index (χ1v) is 8.69. The van der Waals surface area contributed by atoms with E-state index in [1.165, 1.54) is 5.56 Å². The standard InChI is InChI=1S/C19H34N4O/c1-15(2)23(16(3)4)13-12-21-19(20-5)22(6)14-17-8-10-18(24-7)11-9-17/h8-11,15-16H,12-14H2,1-7H3,(H,20,21). The molecule has 0 radical (unpaired) electrons. The van der Waals surface area contributed by atoms with Crippen molar-refractivity contribution in [3.05, 3.63) is 29.8 Å². The lowest BCUT2D eigenvalue weighted by molar-refractivity contribution is 0.178.